The first-order valence-corrected chi connectivity index (χ1v) is 6.59. The lowest BCUT2D eigenvalue weighted by Gasteiger charge is -2.22. The zero-order valence-corrected chi connectivity index (χ0v) is 9.93. The van der Waals surface area contributed by atoms with Gasteiger partial charge in [0.25, 0.3) is 0 Å². The Morgan fingerprint density at radius 1 is 1.06 bits per heavy atom. The molecule has 0 aromatic carbocycles. The Bertz CT molecular complexity index is 259. The maximum absolute atomic E-state index is 11.6. The molecule has 0 aromatic heterocycles. The summed E-state index contributed by atoms with van der Waals surface area (Å²) >= 11 is 0. The van der Waals surface area contributed by atoms with Crippen LogP contribution in [0.1, 0.15) is 57.8 Å². The van der Waals surface area contributed by atoms with E-state index in [-0.39, 0.29) is 6.03 Å². The third-order valence-electron chi connectivity index (χ3n) is 3.59. The van der Waals surface area contributed by atoms with Crippen LogP contribution >= 0.6 is 0 Å². The molecular weight excluding hydrogens is 200 g/mol. The summed E-state index contributed by atoms with van der Waals surface area (Å²) in [6.45, 7) is 0. The monoisotopic (exact) mass is 222 g/mol. The van der Waals surface area contributed by atoms with Gasteiger partial charge in [-0.2, -0.15) is 0 Å². The highest BCUT2D eigenvalue weighted by Crippen LogP contribution is 2.22. The summed E-state index contributed by atoms with van der Waals surface area (Å²) in [6.07, 6.45) is 12.9. The van der Waals surface area contributed by atoms with Crippen LogP contribution in [0.4, 0.5) is 4.79 Å². The first kappa shape index (κ1) is 11.5. The smallest absolute Gasteiger partial charge is 0.318 e. The van der Waals surface area contributed by atoms with Crippen molar-refractivity contribution in [2.24, 2.45) is 0 Å². The van der Waals surface area contributed by atoms with Crippen LogP contribution in [0, 0.1) is 0 Å². The zero-order chi connectivity index (χ0) is 11.2. The van der Waals surface area contributed by atoms with Gasteiger partial charge in [0.15, 0.2) is 0 Å². The molecule has 0 saturated heterocycles. The minimum atomic E-state index is -0.0219. The van der Waals surface area contributed by atoms with Gasteiger partial charge in [-0.05, 0) is 38.5 Å². The molecule has 0 heterocycles. The summed E-state index contributed by atoms with van der Waals surface area (Å²) in [5.41, 5.74) is 1.39. The Kier molecular flexibility index (Phi) is 4.25. The second kappa shape index (κ2) is 5.92. The van der Waals surface area contributed by atoms with Crippen molar-refractivity contribution in [3.05, 3.63) is 11.8 Å². The summed E-state index contributed by atoms with van der Waals surface area (Å²) in [7, 11) is 0. The van der Waals surface area contributed by atoms with Crippen molar-refractivity contribution in [1.82, 2.24) is 10.6 Å². The molecule has 2 saturated carbocycles. The molecule has 2 aliphatic carbocycles. The molecule has 2 amide bonds. The zero-order valence-electron chi connectivity index (χ0n) is 9.93. The number of carbonyl (C=O) groups excluding carboxylic acids is 1. The predicted molar refractivity (Wildman–Crippen MR) is 65.1 cm³/mol. The van der Waals surface area contributed by atoms with Crippen molar-refractivity contribution < 1.29 is 4.79 Å². The molecule has 0 aliphatic heterocycles. The van der Waals surface area contributed by atoms with Gasteiger partial charge < -0.3 is 10.6 Å². The third-order valence-corrected chi connectivity index (χ3v) is 3.59. The van der Waals surface area contributed by atoms with Crippen LogP contribution in [0.25, 0.3) is 0 Å². The van der Waals surface area contributed by atoms with E-state index in [9.17, 15) is 4.79 Å². The largest absolute Gasteiger partial charge is 0.335 e. The summed E-state index contributed by atoms with van der Waals surface area (Å²) in [6, 6.07) is 0.377. The van der Waals surface area contributed by atoms with Crippen LogP contribution in [-0.4, -0.2) is 12.1 Å². The van der Waals surface area contributed by atoms with Gasteiger partial charge in [-0.15, -0.1) is 0 Å². The molecule has 2 rings (SSSR count). The van der Waals surface area contributed by atoms with Gasteiger partial charge in [0.1, 0.15) is 0 Å². The number of rotatable bonds is 2. The molecule has 0 spiro atoms. The molecule has 2 fully saturated rings. The van der Waals surface area contributed by atoms with E-state index in [0.29, 0.717) is 6.04 Å². The van der Waals surface area contributed by atoms with E-state index in [1.165, 1.54) is 37.7 Å². The van der Waals surface area contributed by atoms with Crippen molar-refractivity contribution in [2.75, 3.05) is 0 Å². The highest BCUT2D eigenvalue weighted by atomic mass is 16.2. The lowest BCUT2D eigenvalue weighted by Crippen LogP contribution is -2.41. The fourth-order valence-electron chi connectivity index (χ4n) is 2.62. The van der Waals surface area contributed by atoms with Crippen molar-refractivity contribution >= 4 is 6.03 Å². The molecule has 0 radical (unpaired) electrons. The van der Waals surface area contributed by atoms with Gasteiger partial charge in [0.05, 0.1) is 0 Å². The maximum atomic E-state index is 11.6. The summed E-state index contributed by atoms with van der Waals surface area (Å²) < 4.78 is 0. The summed E-state index contributed by atoms with van der Waals surface area (Å²) in [4.78, 5) is 11.6. The Balaban J connectivity index is 1.68. The number of allylic oxidation sites excluding steroid dienone is 1. The Morgan fingerprint density at radius 2 is 1.75 bits per heavy atom. The molecule has 16 heavy (non-hydrogen) atoms. The molecule has 0 aromatic rings. The van der Waals surface area contributed by atoms with E-state index in [4.69, 9.17) is 0 Å². The Labute approximate surface area is 97.7 Å². The summed E-state index contributed by atoms with van der Waals surface area (Å²) in [5, 5.41) is 5.91. The number of hydrogen-bond acceptors (Lipinski definition) is 1. The van der Waals surface area contributed by atoms with Gasteiger partial charge in [-0.1, -0.05) is 24.8 Å². The van der Waals surface area contributed by atoms with E-state index in [1.54, 1.807) is 0 Å². The minimum Gasteiger partial charge on any atom is -0.335 e. The molecule has 2 N–H and O–H groups in total. The van der Waals surface area contributed by atoms with Crippen molar-refractivity contribution in [3.8, 4) is 0 Å². The first-order chi connectivity index (χ1) is 7.84. The number of nitrogens with one attached hydrogen (secondary N) is 2. The lowest BCUT2D eigenvalue weighted by atomic mass is 9.96. The fourth-order valence-corrected chi connectivity index (χ4v) is 2.62. The van der Waals surface area contributed by atoms with E-state index in [0.717, 1.165) is 25.7 Å². The number of amides is 2. The minimum absolute atomic E-state index is 0.0219. The number of carbonyl (C=O) groups is 1. The SMILES string of the molecule is O=C(NC=C1CCCC1)NC1CCCCC1. The van der Waals surface area contributed by atoms with Gasteiger partial charge in [-0.3, -0.25) is 0 Å². The third kappa shape index (κ3) is 3.54. The van der Waals surface area contributed by atoms with Crippen LogP contribution in [0.3, 0.4) is 0 Å². The van der Waals surface area contributed by atoms with Gasteiger partial charge in [0.2, 0.25) is 0 Å². The van der Waals surface area contributed by atoms with Crippen molar-refractivity contribution in [1.29, 1.82) is 0 Å². The Hall–Kier alpha value is -0.990. The molecule has 3 heteroatoms. The number of urea groups is 1. The molecule has 0 bridgehead atoms. The van der Waals surface area contributed by atoms with E-state index in [1.807, 2.05) is 6.20 Å². The second-order valence-corrected chi connectivity index (χ2v) is 4.96. The van der Waals surface area contributed by atoms with Crippen LogP contribution < -0.4 is 10.6 Å². The fraction of sp³-hybridized carbons (Fsp3) is 0.769. The second-order valence-electron chi connectivity index (χ2n) is 4.96. The molecule has 2 aliphatic rings. The highest BCUT2D eigenvalue weighted by Gasteiger charge is 2.15. The van der Waals surface area contributed by atoms with Gasteiger partial charge in [-0.25, -0.2) is 4.79 Å². The normalized spacial score (nSPS) is 21.9. The molecule has 0 unspecified atom stereocenters. The average molecular weight is 222 g/mol. The number of hydrogen-bond donors (Lipinski definition) is 2. The van der Waals surface area contributed by atoms with Crippen LogP contribution in [0.15, 0.2) is 11.8 Å². The standard InChI is InChI=1S/C13H22N2O/c16-13(14-10-11-6-4-5-7-11)15-12-8-2-1-3-9-12/h10,12H,1-9H2,(H2,14,15,16). The van der Waals surface area contributed by atoms with Crippen LogP contribution in [0.5, 0.6) is 0 Å². The van der Waals surface area contributed by atoms with Gasteiger partial charge in [0, 0.05) is 12.2 Å². The average Bonchev–Trinajstić information content (AvgIpc) is 2.81. The van der Waals surface area contributed by atoms with E-state index in [2.05, 4.69) is 10.6 Å². The molecule has 0 atom stereocenters. The predicted octanol–water partition coefficient (Wildman–Crippen LogP) is 3.08. The maximum Gasteiger partial charge on any atom is 0.318 e. The van der Waals surface area contributed by atoms with Gasteiger partial charge >= 0.3 is 6.03 Å². The van der Waals surface area contributed by atoms with Crippen molar-refractivity contribution in [2.45, 2.75) is 63.8 Å². The Morgan fingerprint density at radius 3 is 2.44 bits per heavy atom. The molecule has 90 valence electrons. The topological polar surface area (TPSA) is 41.1 Å². The lowest BCUT2D eigenvalue weighted by molar-refractivity contribution is 0.236. The first-order valence-electron chi connectivity index (χ1n) is 6.59. The molecular formula is C13H22N2O. The van der Waals surface area contributed by atoms with Crippen LogP contribution in [-0.2, 0) is 0 Å². The van der Waals surface area contributed by atoms with E-state index >= 15 is 0 Å². The van der Waals surface area contributed by atoms with Crippen LogP contribution in [0.2, 0.25) is 0 Å². The molecule has 3 nitrogen and oxygen atoms in total. The van der Waals surface area contributed by atoms with E-state index < -0.39 is 0 Å². The highest BCUT2D eigenvalue weighted by molar-refractivity contribution is 5.75. The summed E-state index contributed by atoms with van der Waals surface area (Å²) in [5.74, 6) is 0. The van der Waals surface area contributed by atoms with Crippen molar-refractivity contribution in [3.63, 3.8) is 0 Å². The quantitative estimate of drug-likeness (QED) is 0.740.